The number of hydrogen-bond donors (Lipinski definition) is 3. The first-order valence-electron chi connectivity index (χ1n) is 5.34. The van der Waals surface area contributed by atoms with Crippen molar-refractivity contribution in [3.63, 3.8) is 0 Å². The molecule has 0 unspecified atom stereocenters. The van der Waals surface area contributed by atoms with Crippen molar-refractivity contribution in [2.45, 2.75) is 25.6 Å². The van der Waals surface area contributed by atoms with Crippen LogP contribution in [0, 0.1) is 0 Å². The van der Waals surface area contributed by atoms with Crippen LogP contribution in [-0.4, -0.2) is 28.0 Å². The second-order valence-electron chi connectivity index (χ2n) is 3.83. The molecule has 2 atom stereocenters. The van der Waals surface area contributed by atoms with E-state index in [0.29, 0.717) is 12.0 Å². The molecule has 3 N–H and O–H groups in total. The van der Waals surface area contributed by atoms with Crippen molar-refractivity contribution < 1.29 is 15.3 Å². The minimum atomic E-state index is -0.936. The van der Waals surface area contributed by atoms with E-state index < -0.39 is 12.2 Å². The van der Waals surface area contributed by atoms with Crippen LogP contribution in [0.1, 0.15) is 25.0 Å². The van der Waals surface area contributed by atoms with Crippen LogP contribution in [0.25, 0.3) is 0 Å². The summed E-state index contributed by atoms with van der Waals surface area (Å²) in [5.41, 5.74) is 1.55. The van der Waals surface area contributed by atoms with Crippen LogP contribution in [0.4, 0.5) is 0 Å². The topological polar surface area (TPSA) is 60.7 Å². The zero-order chi connectivity index (χ0) is 12.0. The van der Waals surface area contributed by atoms with E-state index in [1.165, 1.54) is 0 Å². The number of hydrogen-bond acceptors (Lipinski definition) is 3. The first kappa shape index (κ1) is 12.9. The van der Waals surface area contributed by atoms with Crippen molar-refractivity contribution in [2.75, 3.05) is 6.61 Å². The number of rotatable bonds is 5. The first-order chi connectivity index (χ1) is 7.65. The van der Waals surface area contributed by atoms with Crippen molar-refractivity contribution in [3.8, 4) is 0 Å². The Morgan fingerprint density at radius 3 is 2.44 bits per heavy atom. The summed E-state index contributed by atoms with van der Waals surface area (Å²) in [6, 6.07) is 9.02. The maximum absolute atomic E-state index is 9.85. The molecule has 3 nitrogen and oxygen atoms in total. The highest BCUT2D eigenvalue weighted by molar-refractivity contribution is 5.20. The second-order valence-corrected chi connectivity index (χ2v) is 3.83. The molecule has 0 fully saturated rings. The van der Waals surface area contributed by atoms with E-state index in [9.17, 15) is 10.2 Å². The van der Waals surface area contributed by atoms with Crippen molar-refractivity contribution in [3.05, 3.63) is 47.5 Å². The van der Waals surface area contributed by atoms with Crippen LogP contribution in [0.15, 0.2) is 42.0 Å². The predicted molar refractivity (Wildman–Crippen MR) is 62.9 cm³/mol. The van der Waals surface area contributed by atoms with Gasteiger partial charge in [0, 0.05) is 6.61 Å². The zero-order valence-corrected chi connectivity index (χ0v) is 9.37. The van der Waals surface area contributed by atoms with Gasteiger partial charge >= 0.3 is 0 Å². The van der Waals surface area contributed by atoms with Gasteiger partial charge in [-0.2, -0.15) is 0 Å². The molecule has 0 saturated carbocycles. The second kappa shape index (κ2) is 6.43. The summed E-state index contributed by atoms with van der Waals surface area (Å²) in [5, 5.41) is 28.3. The molecule has 0 spiro atoms. The van der Waals surface area contributed by atoms with E-state index >= 15 is 0 Å². The molecular formula is C13H18O3. The molecule has 0 amide bonds. The molecule has 0 radical (unpaired) electrons. The minimum Gasteiger partial charge on any atom is -0.396 e. The summed E-state index contributed by atoms with van der Waals surface area (Å²) in [7, 11) is 0. The Hall–Kier alpha value is -1.16. The van der Waals surface area contributed by atoms with Crippen molar-refractivity contribution in [2.24, 2.45) is 0 Å². The molecule has 3 heteroatoms. The van der Waals surface area contributed by atoms with Crippen LogP contribution >= 0.6 is 0 Å². The first-order valence-corrected chi connectivity index (χ1v) is 5.34. The fraction of sp³-hybridized carbons (Fsp3) is 0.385. The maximum Gasteiger partial charge on any atom is 0.108 e. The summed E-state index contributed by atoms with van der Waals surface area (Å²) in [6.45, 7) is 1.87. The van der Waals surface area contributed by atoms with Gasteiger partial charge in [0.1, 0.15) is 12.2 Å². The standard InChI is InChI=1S/C13H18O3/c1-10(7-8-14)9-12(15)13(16)11-5-3-2-4-6-11/h2-6,9,12-16H,7-8H2,1H3/b10-9-/t12-,13+/m0/s1. The third-order valence-corrected chi connectivity index (χ3v) is 2.43. The van der Waals surface area contributed by atoms with Crippen molar-refractivity contribution in [1.29, 1.82) is 0 Å². The quantitative estimate of drug-likeness (QED) is 0.660. The van der Waals surface area contributed by atoms with Gasteiger partial charge in [0.2, 0.25) is 0 Å². The van der Waals surface area contributed by atoms with E-state index in [1.807, 2.05) is 25.1 Å². The average molecular weight is 222 g/mol. The van der Waals surface area contributed by atoms with Gasteiger partial charge in [-0.15, -0.1) is 0 Å². The van der Waals surface area contributed by atoms with Crippen molar-refractivity contribution in [1.82, 2.24) is 0 Å². The molecular weight excluding hydrogens is 204 g/mol. The van der Waals surface area contributed by atoms with Gasteiger partial charge < -0.3 is 15.3 Å². The van der Waals surface area contributed by atoms with Crippen LogP contribution in [0.5, 0.6) is 0 Å². The van der Waals surface area contributed by atoms with Crippen molar-refractivity contribution >= 4 is 0 Å². The Morgan fingerprint density at radius 1 is 1.25 bits per heavy atom. The number of aliphatic hydroxyl groups is 3. The fourth-order valence-corrected chi connectivity index (χ4v) is 1.49. The molecule has 0 aliphatic heterocycles. The normalized spacial score (nSPS) is 15.9. The molecule has 0 aliphatic carbocycles. The van der Waals surface area contributed by atoms with Gasteiger partial charge in [-0.05, 0) is 18.9 Å². The Kier molecular flexibility index (Phi) is 5.19. The summed E-state index contributed by atoms with van der Waals surface area (Å²) >= 11 is 0. The highest BCUT2D eigenvalue weighted by atomic mass is 16.3. The SMILES string of the molecule is C/C(=C/[C@H](O)[C@H](O)c1ccccc1)CCO. The van der Waals surface area contributed by atoms with E-state index in [0.717, 1.165) is 5.57 Å². The van der Waals surface area contributed by atoms with Gasteiger partial charge in [-0.3, -0.25) is 0 Å². The summed E-state index contributed by atoms with van der Waals surface area (Å²) in [4.78, 5) is 0. The lowest BCUT2D eigenvalue weighted by atomic mass is 10.0. The highest BCUT2D eigenvalue weighted by Crippen LogP contribution is 2.18. The summed E-state index contributed by atoms with van der Waals surface area (Å²) < 4.78 is 0. The molecule has 0 aromatic heterocycles. The van der Waals surface area contributed by atoms with Crippen LogP contribution in [-0.2, 0) is 0 Å². The molecule has 88 valence electrons. The lowest BCUT2D eigenvalue weighted by Gasteiger charge is -2.15. The average Bonchev–Trinajstić information content (AvgIpc) is 2.29. The Balaban J connectivity index is 2.68. The number of aliphatic hydroxyl groups excluding tert-OH is 3. The third kappa shape index (κ3) is 3.77. The monoisotopic (exact) mass is 222 g/mol. The van der Waals surface area contributed by atoms with Gasteiger partial charge in [-0.1, -0.05) is 42.0 Å². The molecule has 16 heavy (non-hydrogen) atoms. The lowest BCUT2D eigenvalue weighted by Crippen LogP contribution is -2.16. The molecule has 1 aromatic rings. The predicted octanol–water partition coefficient (Wildman–Crippen LogP) is 1.41. The summed E-state index contributed by atoms with van der Waals surface area (Å²) in [5.74, 6) is 0. The number of benzene rings is 1. The van der Waals surface area contributed by atoms with Gasteiger partial charge in [0.25, 0.3) is 0 Å². The van der Waals surface area contributed by atoms with Crippen LogP contribution < -0.4 is 0 Å². The Morgan fingerprint density at radius 2 is 1.88 bits per heavy atom. The van der Waals surface area contributed by atoms with Gasteiger partial charge in [0.15, 0.2) is 0 Å². The maximum atomic E-state index is 9.85. The van der Waals surface area contributed by atoms with Gasteiger partial charge in [0.05, 0.1) is 0 Å². The third-order valence-electron chi connectivity index (χ3n) is 2.43. The van der Waals surface area contributed by atoms with E-state index in [4.69, 9.17) is 5.11 Å². The molecule has 0 aliphatic rings. The smallest absolute Gasteiger partial charge is 0.108 e. The van der Waals surface area contributed by atoms with Crippen LogP contribution in [0.2, 0.25) is 0 Å². The molecule has 1 aromatic carbocycles. The zero-order valence-electron chi connectivity index (χ0n) is 9.37. The van der Waals surface area contributed by atoms with Crippen LogP contribution in [0.3, 0.4) is 0 Å². The largest absolute Gasteiger partial charge is 0.396 e. The molecule has 0 heterocycles. The van der Waals surface area contributed by atoms with E-state index in [-0.39, 0.29) is 6.61 Å². The van der Waals surface area contributed by atoms with E-state index in [2.05, 4.69) is 0 Å². The Bertz CT molecular complexity index is 332. The van der Waals surface area contributed by atoms with E-state index in [1.54, 1.807) is 18.2 Å². The Labute approximate surface area is 95.7 Å². The molecule has 1 rings (SSSR count). The minimum absolute atomic E-state index is 0.0521. The fourth-order valence-electron chi connectivity index (χ4n) is 1.49. The lowest BCUT2D eigenvalue weighted by molar-refractivity contribution is 0.0476. The molecule has 0 bridgehead atoms. The van der Waals surface area contributed by atoms with Gasteiger partial charge in [-0.25, -0.2) is 0 Å². The molecule has 0 saturated heterocycles. The highest BCUT2D eigenvalue weighted by Gasteiger charge is 2.15. The summed E-state index contributed by atoms with van der Waals surface area (Å²) in [6.07, 6.45) is 0.232.